The molecule has 1 aliphatic heterocycles. The van der Waals surface area contributed by atoms with Crippen molar-refractivity contribution in [1.29, 1.82) is 0 Å². The van der Waals surface area contributed by atoms with Gasteiger partial charge in [0.05, 0.1) is 11.3 Å². The van der Waals surface area contributed by atoms with Crippen molar-refractivity contribution in [2.24, 2.45) is 5.92 Å². The van der Waals surface area contributed by atoms with E-state index >= 15 is 0 Å². The van der Waals surface area contributed by atoms with Gasteiger partial charge in [0.2, 0.25) is 5.91 Å². The van der Waals surface area contributed by atoms with Crippen molar-refractivity contribution in [1.82, 2.24) is 19.9 Å². The summed E-state index contributed by atoms with van der Waals surface area (Å²) in [5.41, 5.74) is 1.09. The first-order valence-electron chi connectivity index (χ1n) is 9.24. The van der Waals surface area contributed by atoms with Crippen molar-refractivity contribution >= 4 is 22.8 Å². The van der Waals surface area contributed by atoms with Gasteiger partial charge in [-0.05, 0) is 31.4 Å². The molecule has 0 radical (unpaired) electrons. The second-order valence-electron chi connectivity index (χ2n) is 7.59. The highest BCUT2D eigenvalue weighted by atomic mass is 19.3. The quantitative estimate of drug-likeness (QED) is 0.804. The number of hydrogen-bond acceptors (Lipinski definition) is 4. The van der Waals surface area contributed by atoms with Crippen LogP contribution in [0.4, 0.5) is 14.6 Å². The Hall–Kier alpha value is -2.51. The number of likely N-dealkylation sites (tertiary alicyclic amines) is 1. The summed E-state index contributed by atoms with van der Waals surface area (Å²) < 4.78 is 27.9. The van der Waals surface area contributed by atoms with Gasteiger partial charge in [0.1, 0.15) is 17.8 Å². The molecule has 1 amide bonds. The summed E-state index contributed by atoms with van der Waals surface area (Å²) in [4.78, 5) is 25.3. The molecule has 1 aliphatic carbocycles. The first kappa shape index (κ1) is 17.9. The number of amides is 1. The molecule has 8 heteroatoms. The molecule has 27 heavy (non-hydrogen) atoms. The monoisotopic (exact) mass is 375 g/mol. The van der Waals surface area contributed by atoms with Crippen molar-refractivity contribution in [3.05, 3.63) is 30.7 Å². The summed E-state index contributed by atoms with van der Waals surface area (Å²) in [5, 5.41) is 3.98. The minimum atomic E-state index is -2.70. The van der Waals surface area contributed by atoms with Crippen LogP contribution in [0.15, 0.2) is 25.2 Å². The maximum Gasteiger partial charge on any atom is 0.258 e. The lowest BCUT2D eigenvalue weighted by Gasteiger charge is -2.38. The average molecular weight is 375 g/mol. The number of piperidine rings is 1. The Morgan fingerprint density at radius 2 is 2.15 bits per heavy atom. The third kappa shape index (κ3) is 2.87. The maximum atomic E-state index is 14.0. The molecule has 0 bridgehead atoms. The number of aromatic amines is 1. The zero-order valence-corrected chi connectivity index (χ0v) is 15.4. The second kappa shape index (κ2) is 6.28. The Morgan fingerprint density at radius 1 is 1.41 bits per heavy atom. The van der Waals surface area contributed by atoms with E-state index in [1.54, 1.807) is 18.0 Å². The number of H-pyrrole nitrogens is 1. The molecule has 3 heterocycles. The molecule has 2 aliphatic rings. The lowest BCUT2D eigenvalue weighted by Crippen LogP contribution is -2.49. The smallest absolute Gasteiger partial charge is 0.258 e. The molecule has 2 aromatic heterocycles. The van der Waals surface area contributed by atoms with Crippen LogP contribution in [0, 0.1) is 5.92 Å². The number of carbonyl (C=O) groups is 1. The summed E-state index contributed by atoms with van der Waals surface area (Å²) in [6.07, 6.45) is 6.07. The van der Waals surface area contributed by atoms with E-state index in [1.165, 1.54) is 12.4 Å². The van der Waals surface area contributed by atoms with Gasteiger partial charge in [-0.15, -0.1) is 0 Å². The molecule has 6 nitrogen and oxygen atoms in total. The van der Waals surface area contributed by atoms with Gasteiger partial charge in [-0.1, -0.05) is 13.5 Å². The number of rotatable bonds is 4. The third-order valence-corrected chi connectivity index (χ3v) is 5.93. The van der Waals surface area contributed by atoms with E-state index in [1.807, 2.05) is 6.92 Å². The number of fused-ring (bicyclic) bond motifs is 1. The molecule has 0 aromatic carbocycles. The van der Waals surface area contributed by atoms with Gasteiger partial charge in [0.25, 0.3) is 5.92 Å². The minimum Gasteiger partial charge on any atom is -0.365 e. The van der Waals surface area contributed by atoms with Crippen LogP contribution >= 0.6 is 0 Å². The fourth-order valence-electron chi connectivity index (χ4n) is 4.14. The molecule has 2 fully saturated rings. The highest BCUT2D eigenvalue weighted by Crippen LogP contribution is 2.62. The van der Waals surface area contributed by atoms with Crippen LogP contribution in [0.5, 0.6) is 0 Å². The van der Waals surface area contributed by atoms with Crippen LogP contribution in [0.3, 0.4) is 0 Å². The Bertz CT molecular complexity index is 895. The zero-order chi connectivity index (χ0) is 19.3. The third-order valence-electron chi connectivity index (χ3n) is 5.93. The molecular formula is C19H23F2N5O. The van der Waals surface area contributed by atoms with Crippen LogP contribution in [0.1, 0.15) is 38.2 Å². The highest BCUT2D eigenvalue weighted by molar-refractivity contribution is 5.91. The Kier molecular flexibility index (Phi) is 4.16. The van der Waals surface area contributed by atoms with Crippen LogP contribution in [-0.2, 0) is 4.79 Å². The van der Waals surface area contributed by atoms with E-state index < -0.39 is 17.8 Å². The molecule has 144 valence electrons. The average Bonchev–Trinajstić information content (AvgIpc) is 2.97. The largest absolute Gasteiger partial charge is 0.365 e. The number of anilines is 1. The molecule has 4 atom stereocenters. The number of hydrogen-bond donors (Lipinski definition) is 2. The minimum absolute atomic E-state index is 0.0110. The molecule has 1 saturated heterocycles. The predicted molar refractivity (Wildman–Crippen MR) is 98.8 cm³/mol. The van der Waals surface area contributed by atoms with Crippen molar-refractivity contribution < 1.29 is 13.6 Å². The Balaban J connectivity index is 1.62. The Morgan fingerprint density at radius 3 is 2.81 bits per heavy atom. The van der Waals surface area contributed by atoms with Crippen LogP contribution in [0.2, 0.25) is 0 Å². The lowest BCUT2D eigenvalue weighted by molar-refractivity contribution is -0.129. The van der Waals surface area contributed by atoms with E-state index in [2.05, 4.69) is 26.8 Å². The normalized spacial score (nSPS) is 29.6. The summed E-state index contributed by atoms with van der Waals surface area (Å²) >= 11 is 0. The van der Waals surface area contributed by atoms with Gasteiger partial charge in [-0.25, -0.2) is 18.7 Å². The fraction of sp³-hybridized carbons (Fsp3) is 0.526. The van der Waals surface area contributed by atoms with Gasteiger partial charge >= 0.3 is 0 Å². The van der Waals surface area contributed by atoms with E-state index in [4.69, 9.17) is 0 Å². The summed E-state index contributed by atoms with van der Waals surface area (Å²) in [7, 11) is 0. The molecule has 4 rings (SSSR count). The lowest BCUT2D eigenvalue weighted by atomic mass is 9.99. The molecule has 1 unspecified atom stereocenters. The van der Waals surface area contributed by atoms with Crippen molar-refractivity contribution in [3.63, 3.8) is 0 Å². The van der Waals surface area contributed by atoms with E-state index in [0.29, 0.717) is 29.0 Å². The number of nitrogens with one attached hydrogen (secondary N) is 2. The standard InChI is InChI=1S/C19H23F2N5O/c1-4-14(27)26-8-12(6-5-10(26)2)25-18-15-13(16-11(3)19(16,20)21)7-22-17(15)23-9-24-18/h4,7,9-12,16H,1,5-6,8H2,2-3H3,(H2,22,23,24,25)/t10-,11-,12+,16?/m0/s1. The number of alkyl halides is 2. The van der Waals surface area contributed by atoms with Crippen molar-refractivity contribution in [3.8, 4) is 0 Å². The van der Waals surface area contributed by atoms with Gasteiger partial charge in [-0.2, -0.15) is 0 Å². The fourth-order valence-corrected chi connectivity index (χ4v) is 4.14. The maximum absolute atomic E-state index is 14.0. The first-order chi connectivity index (χ1) is 12.8. The molecule has 1 saturated carbocycles. The highest BCUT2D eigenvalue weighted by Gasteiger charge is 2.66. The number of aromatic nitrogens is 3. The Labute approximate surface area is 156 Å². The van der Waals surface area contributed by atoms with Gasteiger partial charge in [0.15, 0.2) is 0 Å². The number of halogens is 2. The van der Waals surface area contributed by atoms with Crippen LogP contribution in [0.25, 0.3) is 11.0 Å². The van der Waals surface area contributed by atoms with Crippen LogP contribution < -0.4 is 5.32 Å². The van der Waals surface area contributed by atoms with Gasteiger partial charge in [-0.3, -0.25) is 4.79 Å². The van der Waals surface area contributed by atoms with Gasteiger partial charge in [0, 0.05) is 30.7 Å². The SMILES string of the molecule is C=CC(=O)N1C[C@H](Nc2ncnc3[nH]cc(C4[C@H](C)C4(F)F)c23)CC[C@@H]1C. The van der Waals surface area contributed by atoms with Crippen LogP contribution in [-0.4, -0.2) is 50.3 Å². The van der Waals surface area contributed by atoms with Crippen molar-refractivity contribution in [2.75, 3.05) is 11.9 Å². The number of nitrogens with zero attached hydrogens (tertiary/aromatic N) is 3. The van der Waals surface area contributed by atoms with Gasteiger partial charge < -0.3 is 15.2 Å². The molecule has 2 N–H and O–H groups in total. The molecule has 2 aromatic rings. The first-order valence-corrected chi connectivity index (χ1v) is 9.24. The topological polar surface area (TPSA) is 73.9 Å². The molecule has 0 spiro atoms. The second-order valence-corrected chi connectivity index (χ2v) is 7.59. The summed E-state index contributed by atoms with van der Waals surface area (Å²) in [6, 6.07) is 0.135. The predicted octanol–water partition coefficient (Wildman–Crippen LogP) is 3.30. The summed E-state index contributed by atoms with van der Waals surface area (Å²) in [5.74, 6) is -3.77. The van der Waals surface area contributed by atoms with E-state index in [-0.39, 0.29) is 18.0 Å². The zero-order valence-electron chi connectivity index (χ0n) is 15.4. The van der Waals surface area contributed by atoms with Crippen molar-refractivity contribution in [2.45, 2.75) is 50.6 Å². The van der Waals surface area contributed by atoms with E-state index in [9.17, 15) is 13.6 Å². The summed E-state index contributed by atoms with van der Waals surface area (Å²) in [6.45, 7) is 7.66. The van der Waals surface area contributed by atoms with E-state index in [0.717, 1.165) is 12.8 Å². The number of carbonyl (C=O) groups excluding carboxylic acids is 1. The molecular weight excluding hydrogens is 352 g/mol.